The van der Waals surface area contributed by atoms with Gasteiger partial charge in [0.05, 0.1) is 11.0 Å². The smallest absolute Gasteiger partial charge is 0.199 e. The molecule has 0 saturated heterocycles. The van der Waals surface area contributed by atoms with Gasteiger partial charge in [-0.3, -0.25) is 0 Å². The van der Waals surface area contributed by atoms with Crippen molar-refractivity contribution in [3.05, 3.63) is 59.9 Å². The summed E-state index contributed by atoms with van der Waals surface area (Å²) in [7, 11) is 0. The molecule has 0 spiro atoms. The Bertz CT molecular complexity index is 1560. The predicted molar refractivity (Wildman–Crippen MR) is 106 cm³/mol. The van der Waals surface area contributed by atoms with E-state index in [-0.39, 0.29) is 22.7 Å². The van der Waals surface area contributed by atoms with Crippen molar-refractivity contribution in [3.63, 3.8) is 0 Å². The highest BCUT2D eigenvalue weighted by Gasteiger charge is 2.17. The Morgan fingerprint density at radius 1 is 0.571 bits per heavy atom. The van der Waals surface area contributed by atoms with E-state index in [1.807, 2.05) is 36.4 Å². The van der Waals surface area contributed by atoms with E-state index in [4.69, 9.17) is 9.97 Å². The van der Waals surface area contributed by atoms with Crippen LogP contribution in [0.1, 0.15) is 11.4 Å². The molecule has 6 aromatic rings. The average molecular weight is 356 g/mol. The lowest BCUT2D eigenvalue weighted by Crippen LogP contribution is -2.01. The predicted octanol–water partition coefficient (Wildman–Crippen LogP) is 4.21. The minimum absolute atomic E-state index is 0.0410. The Labute approximate surface area is 157 Å². The van der Waals surface area contributed by atoms with Crippen molar-refractivity contribution in [2.24, 2.45) is 0 Å². The number of hydrogen-bond donors (Lipinski definition) is 0. The molecule has 0 N–H and O–H groups in total. The first-order valence-corrected chi connectivity index (χ1v) is 8.63. The van der Waals surface area contributed by atoms with Crippen LogP contribution in [0, 0.1) is 22.7 Å². The van der Waals surface area contributed by atoms with Crippen LogP contribution in [-0.2, 0) is 0 Å². The number of fused-ring (bicyclic) bond motifs is 4. The lowest BCUT2D eigenvalue weighted by molar-refractivity contribution is 1.14. The highest BCUT2D eigenvalue weighted by molar-refractivity contribution is 6.32. The van der Waals surface area contributed by atoms with Gasteiger partial charge in [-0.1, -0.05) is 48.5 Å². The van der Waals surface area contributed by atoms with Crippen LogP contribution in [0.4, 0.5) is 0 Å². The maximum atomic E-state index is 9.25. The zero-order valence-corrected chi connectivity index (χ0v) is 14.3. The van der Waals surface area contributed by atoms with Crippen LogP contribution in [0.25, 0.3) is 54.6 Å². The van der Waals surface area contributed by atoms with Gasteiger partial charge in [0.1, 0.15) is 12.1 Å². The van der Waals surface area contributed by atoms with Gasteiger partial charge in [0.25, 0.3) is 0 Å². The first-order valence-electron chi connectivity index (χ1n) is 8.63. The fourth-order valence-corrected chi connectivity index (χ4v) is 3.97. The summed E-state index contributed by atoms with van der Waals surface area (Å²) < 4.78 is 0. The van der Waals surface area contributed by atoms with Crippen molar-refractivity contribution in [2.45, 2.75) is 0 Å². The second-order valence-corrected chi connectivity index (χ2v) is 6.59. The molecule has 0 unspecified atom stereocenters. The summed E-state index contributed by atoms with van der Waals surface area (Å²) in [5.74, 6) is 0. The highest BCUT2D eigenvalue weighted by Crippen LogP contribution is 2.39. The second kappa shape index (κ2) is 5.06. The number of hydrogen-bond acceptors (Lipinski definition) is 6. The molecule has 0 aliphatic rings. The summed E-state index contributed by atoms with van der Waals surface area (Å²) in [5, 5.41) is 25.0. The molecule has 2 heterocycles. The van der Waals surface area contributed by atoms with E-state index in [0.29, 0.717) is 11.0 Å². The van der Waals surface area contributed by atoms with Crippen LogP contribution in [-0.4, -0.2) is 19.9 Å². The van der Waals surface area contributed by atoms with E-state index in [9.17, 15) is 10.5 Å². The first kappa shape index (κ1) is 14.7. The van der Waals surface area contributed by atoms with Gasteiger partial charge in [-0.2, -0.15) is 10.5 Å². The van der Waals surface area contributed by atoms with E-state index >= 15 is 0 Å². The molecule has 0 amide bonds. The van der Waals surface area contributed by atoms with E-state index < -0.39 is 0 Å². The minimum atomic E-state index is -0.0410. The van der Waals surface area contributed by atoms with Crippen LogP contribution >= 0.6 is 0 Å². The SMILES string of the molecule is N#Cc1nc2nc3c4cccc5ccc6cccc(c3nc2nc1C#N)c6c54. The lowest BCUT2D eigenvalue weighted by Gasteiger charge is -2.13. The molecule has 0 fully saturated rings. The van der Waals surface area contributed by atoms with Crippen LogP contribution in [0.3, 0.4) is 0 Å². The monoisotopic (exact) mass is 356 g/mol. The zero-order valence-electron chi connectivity index (χ0n) is 14.3. The van der Waals surface area contributed by atoms with E-state index in [1.165, 1.54) is 0 Å². The average Bonchev–Trinajstić information content (AvgIpc) is 2.76. The van der Waals surface area contributed by atoms with Gasteiger partial charge >= 0.3 is 0 Å². The van der Waals surface area contributed by atoms with Crippen LogP contribution in [0.2, 0.25) is 0 Å². The largest absolute Gasteiger partial charge is 0.223 e. The maximum Gasteiger partial charge on any atom is 0.199 e. The summed E-state index contributed by atoms with van der Waals surface area (Å²) in [6.45, 7) is 0. The van der Waals surface area contributed by atoms with Crippen molar-refractivity contribution in [2.75, 3.05) is 0 Å². The third kappa shape index (κ3) is 1.74. The molecule has 6 nitrogen and oxygen atoms in total. The van der Waals surface area contributed by atoms with Gasteiger partial charge in [0.15, 0.2) is 22.7 Å². The van der Waals surface area contributed by atoms with Crippen molar-refractivity contribution >= 4 is 54.6 Å². The second-order valence-electron chi connectivity index (χ2n) is 6.59. The van der Waals surface area contributed by atoms with Crippen molar-refractivity contribution in [1.29, 1.82) is 10.5 Å². The van der Waals surface area contributed by atoms with Crippen molar-refractivity contribution in [3.8, 4) is 12.1 Å². The standard InChI is InChI=1S/C22H8N6/c23-9-15-16(10-24)26-22-21(25-15)27-19-13-5-1-3-11-7-8-12-4-2-6-14(20(19)28-22)18(12)17(11)13/h1-8H. The molecule has 126 valence electrons. The Morgan fingerprint density at radius 3 is 1.46 bits per heavy atom. The molecule has 2 aromatic heterocycles. The molecule has 4 aromatic carbocycles. The minimum Gasteiger partial charge on any atom is -0.223 e. The summed E-state index contributed by atoms with van der Waals surface area (Å²) in [4.78, 5) is 17.9. The molecular formula is C22H8N6. The molecule has 0 saturated carbocycles. The number of aromatic nitrogens is 4. The fraction of sp³-hybridized carbons (Fsp3) is 0. The normalized spacial score (nSPS) is 11.5. The van der Waals surface area contributed by atoms with Crippen molar-refractivity contribution in [1.82, 2.24) is 19.9 Å². The Kier molecular flexibility index (Phi) is 2.66. The zero-order chi connectivity index (χ0) is 18.8. The maximum absolute atomic E-state index is 9.25. The van der Waals surface area contributed by atoms with Crippen LogP contribution < -0.4 is 0 Å². The van der Waals surface area contributed by atoms with Gasteiger partial charge in [-0.15, -0.1) is 0 Å². The molecule has 0 bridgehead atoms. The number of benzene rings is 4. The fourth-order valence-electron chi connectivity index (χ4n) is 3.97. The number of nitrogens with zero attached hydrogens (tertiary/aromatic N) is 6. The summed E-state index contributed by atoms with van der Waals surface area (Å²) in [6.07, 6.45) is 0. The molecule has 0 aliphatic carbocycles. The third-order valence-corrected chi connectivity index (χ3v) is 5.13. The Hall–Kier alpha value is -4.42. The van der Waals surface area contributed by atoms with E-state index in [0.717, 1.165) is 32.3 Å². The van der Waals surface area contributed by atoms with Crippen LogP contribution in [0.5, 0.6) is 0 Å². The first-order chi connectivity index (χ1) is 13.8. The number of nitriles is 2. The van der Waals surface area contributed by atoms with Gasteiger partial charge in [-0.05, 0) is 21.5 Å². The lowest BCUT2D eigenvalue weighted by atomic mass is 9.93. The van der Waals surface area contributed by atoms with E-state index in [2.05, 4.69) is 34.2 Å². The molecule has 28 heavy (non-hydrogen) atoms. The molecule has 0 radical (unpaired) electrons. The van der Waals surface area contributed by atoms with Crippen LogP contribution in [0.15, 0.2) is 48.5 Å². The van der Waals surface area contributed by atoms with Crippen molar-refractivity contribution < 1.29 is 0 Å². The van der Waals surface area contributed by atoms with Gasteiger partial charge < -0.3 is 0 Å². The number of rotatable bonds is 0. The summed E-state index contributed by atoms with van der Waals surface area (Å²) in [5.41, 5.74) is 1.87. The summed E-state index contributed by atoms with van der Waals surface area (Å²) in [6, 6.07) is 20.2. The van der Waals surface area contributed by atoms with Gasteiger partial charge in [0, 0.05) is 10.8 Å². The Balaban J connectivity index is 1.94. The van der Waals surface area contributed by atoms with E-state index in [1.54, 1.807) is 0 Å². The molecule has 0 atom stereocenters. The molecule has 6 heteroatoms. The molecule has 0 aliphatic heterocycles. The third-order valence-electron chi connectivity index (χ3n) is 5.13. The quantitative estimate of drug-likeness (QED) is 0.298. The molecular weight excluding hydrogens is 348 g/mol. The summed E-state index contributed by atoms with van der Waals surface area (Å²) >= 11 is 0. The van der Waals surface area contributed by atoms with Gasteiger partial charge in [0.2, 0.25) is 0 Å². The Morgan fingerprint density at radius 2 is 1.04 bits per heavy atom. The van der Waals surface area contributed by atoms with Gasteiger partial charge in [-0.25, -0.2) is 19.9 Å². The highest BCUT2D eigenvalue weighted by atomic mass is 15.0. The topological polar surface area (TPSA) is 99.1 Å². The molecule has 6 rings (SSSR count).